The molecule has 0 aliphatic heterocycles. The lowest BCUT2D eigenvalue weighted by atomic mass is 10.0. The summed E-state index contributed by atoms with van der Waals surface area (Å²) in [5.74, 6) is -0.591. The summed E-state index contributed by atoms with van der Waals surface area (Å²) in [5, 5.41) is 2.85. The van der Waals surface area contributed by atoms with Crippen molar-refractivity contribution in [3.63, 3.8) is 0 Å². The summed E-state index contributed by atoms with van der Waals surface area (Å²) in [4.78, 5) is 29.1. The molecule has 0 saturated carbocycles. The molecule has 11 heteroatoms. The summed E-state index contributed by atoms with van der Waals surface area (Å²) in [6.45, 7) is -0.516. The third-order valence-electron chi connectivity index (χ3n) is 6.82. The molecule has 8 nitrogen and oxygen atoms in total. The molecule has 0 radical (unpaired) electrons. The lowest BCUT2D eigenvalue weighted by Crippen LogP contribution is -2.53. The Kier molecular flexibility index (Phi) is 10.8. The van der Waals surface area contributed by atoms with Gasteiger partial charge in [0.15, 0.2) is 0 Å². The van der Waals surface area contributed by atoms with Gasteiger partial charge in [-0.05, 0) is 53.6 Å². The zero-order chi connectivity index (χ0) is 31.0. The van der Waals surface area contributed by atoms with Crippen LogP contribution in [0.5, 0.6) is 5.75 Å². The van der Waals surface area contributed by atoms with Crippen LogP contribution >= 0.6 is 27.5 Å². The van der Waals surface area contributed by atoms with Crippen molar-refractivity contribution in [1.82, 2.24) is 10.2 Å². The first-order chi connectivity index (χ1) is 20.6. The van der Waals surface area contributed by atoms with Crippen LogP contribution in [-0.4, -0.2) is 51.9 Å². The van der Waals surface area contributed by atoms with Crippen LogP contribution < -0.4 is 14.4 Å². The predicted molar refractivity (Wildman–Crippen MR) is 172 cm³/mol. The van der Waals surface area contributed by atoms with Gasteiger partial charge in [-0.25, -0.2) is 8.42 Å². The van der Waals surface area contributed by atoms with Crippen LogP contribution in [0.1, 0.15) is 11.1 Å². The second kappa shape index (κ2) is 14.5. The number of carbonyl (C=O) groups is 2. The first-order valence-electron chi connectivity index (χ1n) is 13.3. The van der Waals surface area contributed by atoms with Gasteiger partial charge < -0.3 is 15.0 Å². The number of benzene rings is 4. The molecule has 1 atom stereocenters. The standard InChI is InChI=1S/C32H31BrClN3O5S/c1-35-32(39)29(19-23-9-5-3-6-10-23)36(21-24-13-15-25(33)16-14-24)31(38)22-37(26-17-18-30(42-2)28(34)20-26)43(40,41)27-11-7-4-8-12-27/h3-18,20,29H,19,21-22H2,1-2H3,(H,35,39)/t29-/m0/s1. The molecule has 0 unspecified atom stereocenters. The van der Waals surface area contributed by atoms with E-state index < -0.39 is 28.5 Å². The van der Waals surface area contributed by atoms with Crippen molar-refractivity contribution in [3.8, 4) is 5.75 Å². The number of methoxy groups -OCH3 is 1. The third-order valence-corrected chi connectivity index (χ3v) is 9.43. The van der Waals surface area contributed by atoms with Crippen LogP contribution in [0.3, 0.4) is 0 Å². The molecule has 0 aromatic heterocycles. The number of ether oxygens (including phenoxy) is 1. The maximum Gasteiger partial charge on any atom is 0.264 e. The molecule has 2 amide bonds. The largest absolute Gasteiger partial charge is 0.495 e. The minimum atomic E-state index is -4.23. The average molecular weight is 685 g/mol. The number of likely N-dealkylation sites (N-methyl/N-ethyl adjacent to an activating group) is 1. The van der Waals surface area contributed by atoms with E-state index in [1.807, 2.05) is 54.6 Å². The summed E-state index contributed by atoms with van der Waals surface area (Å²) in [7, 11) is -1.27. The number of nitrogens with zero attached hydrogens (tertiary/aromatic N) is 2. The Hall–Kier alpha value is -3.86. The summed E-state index contributed by atoms with van der Waals surface area (Å²) in [6.07, 6.45) is 0.225. The number of rotatable bonds is 12. The van der Waals surface area contributed by atoms with Crippen molar-refractivity contribution < 1.29 is 22.7 Å². The Morgan fingerprint density at radius 3 is 2.12 bits per heavy atom. The Morgan fingerprint density at radius 2 is 1.53 bits per heavy atom. The molecule has 0 spiro atoms. The highest BCUT2D eigenvalue weighted by Gasteiger charge is 2.34. The van der Waals surface area contributed by atoms with Gasteiger partial charge in [0.25, 0.3) is 10.0 Å². The highest BCUT2D eigenvalue weighted by atomic mass is 79.9. The van der Waals surface area contributed by atoms with Gasteiger partial charge in [0.2, 0.25) is 11.8 Å². The summed E-state index contributed by atoms with van der Waals surface area (Å²) in [5.41, 5.74) is 1.79. The first kappa shape index (κ1) is 32.1. The molecule has 0 aliphatic rings. The molecule has 0 saturated heterocycles. The fraction of sp³-hybridized carbons (Fsp3) is 0.188. The molecule has 1 N–H and O–H groups in total. The zero-order valence-corrected chi connectivity index (χ0v) is 26.8. The van der Waals surface area contributed by atoms with E-state index in [1.165, 1.54) is 49.4 Å². The van der Waals surface area contributed by atoms with Gasteiger partial charge in [-0.15, -0.1) is 0 Å². The molecule has 43 heavy (non-hydrogen) atoms. The van der Waals surface area contributed by atoms with Gasteiger partial charge in [-0.3, -0.25) is 13.9 Å². The average Bonchev–Trinajstić information content (AvgIpc) is 3.02. The fourth-order valence-corrected chi connectivity index (χ4v) is 6.51. The Labute approximate surface area is 265 Å². The minimum Gasteiger partial charge on any atom is -0.495 e. The summed E-state index contributed by atoms with van der Waals surface area (Å²) in [6, 6.07) is 28.1. The molecule has 0 fully saturated rings. The van der Waals surface area contributed by atoms with Gasteiger partial charge in [0.05, 0.1) is 22.7 Å². The smallest absolute Gasteiger partial charge is 0.264 e. The van der Waals surface area contributed by atoms with Gasteiger partial charge in [-0.2, -0.15) is 0 Å². The highest BCUT2D eigenvalue weighted by molar-refractivity contribution is 9.10. The third kappa shape index (κ3) is 7.95. The predicted octanol–water partition coefficient (Wildman–Crippen LogP) is 5.69. The van der Waals surface area contributed by atoms with E-state index in [0.29, 0.717) is 5.75 Å². The van der Waals surface area contributed by atoms with Gasteiger partial charge in [0.1, 0.15) is 18.3 Å². The quantitative estimate of drug-likeness (QED) is 0.207. The fourth-order valence-electron chi connectivity index (χ4n) is 4.57. The lowest BCUT2D eigenvalue weighted by Gasteiger charge is -2.33. The van der Waals surface area contributed by atoms with E-state index in [0.717, 1.165) is 19.9 Å². The summed E-state index contributed by atoms with van der Waals surface area (Å²) < 4.78 is 35.1. The number of carbonyl (C=O) groups excluding carboxylic acids is 2. The molecule has 0 heterocycles. The second-order valence-electron chi connectivity index (χ2n) is 9.61. The molecule has 0 bridgehead atoms. The van der Waals surface area contributed by atoms with E-state index >= 15 is 0 Å². The van der Waals surface area contributed by atoms with Crippen molar-refractivity contribution in [1.29, 1.82) is 0 Å². The van der Waals surface area contributed by atoms with Crippen LogP contribution in [-0.2, 0) is 32.6 Å². The lowest BCUT2D eigenvalue weighted by molar-refractivity contribution is -0.139. The van der Waals surface area contributed by atoms with E-state index in [1.54, 1.807) is 18.2 Å². The SMILES string of the molecule is CNC(=O)[C@H](Cc1ccccc1)N(Cc1ccc(Br)cc1)C(=O)CN(c1ccc(OC)c(Cl)c1)S(=O)(=O)c1ccccc1. The number of sulfonamides is 1. The van der Waals surface area contributed by atoms with Gasteiger partial charge in [0, 0.05) is 24.5 Å². The van der Waals surface area contributed by atoms with Crippen LogP contribution in [0.15, 0.2) is 112 Å². The molecule has 0 aliphatic carbocycles. The van der Waals surface area contributed by atoms with Crippen LogP contribution in [0.25, 0.3) is 0 Å². The molecule has 4 aromatic rings. The molecular formula is C32H31BrClN3O5S. The van der Waals surface area contributed by atoms with Crippen molar-refractivity contribution in [2.45, 2.75) is 23.9 Å². The van der Waals surface area contributed by atoms with Crippen molar-refractivity contribution >= 4 is 55.1 Å². The Bertz CT molecular complexity index is 1660. The van der Waals surface area contributed by atoms with Crippen molar-refractivity contribution in [3.05, 3.63) is 124 Å². The normalized spacial score (nSPS) is 11.8. The van der Waals surface area contributed by atoms with E-state index in [-0.39, 0.29) is 34.5 Å². The maximum absolute atomic E-state index is 14.3. The number of anilines is 1. The van der Waals surface area contributed by atoms with Gasteiger partial charge in [-0.1, -0.05) is 88.2 Å². The van der Waals surface area contributed by atoms with Crippen LogP contribution in [0.4, 0.5) is 5.69 Å². The van der Waals surface area contributed by atoms with Crippen LogP contribution in [0, 0.1) is 0 Å². The number of nitrogens with one attached hydrogen (secondary N) is 1. The van der Waals surface area contributed by atoms with Crippen molar-refractivity contribution in [2.24, 2.45) is 0 Å². The molecule has 4 aromatic carbocycles. The number of hydrogen-bond acceptors (Lipinski definition) is 5. The van der Waals surface area contributed by atoms with E-state index in [4.69, 9.17) is 16.3 Å². The molecular weight excluding hydrogens is 654 g/mol. The number of amides is 2. The molecule has 224 valence electrons. The minimum absolute atomic E-state index is 0.00124. The summed E-state index contributed by atoms with van der Waals surface area (Å²) >= 11 is 9.82. The van der Waals surface area contributed by atoms with E-state index in [9.17, 15) is 18.0 Å². The zero-order valence-electron chi connectivity index (χ0n) is 23.6. The van der Waals surface area contributed by atoms with Gasteiger partial charge >= 0.3 is 0 Å². The Morgan fingerprint density at radius 1 is 0.907 bits per heavy atom. The maximum atomic E-state index is 14.3. The number of halogens is 2. The second-order valence-corrected chi connectivity index (χ2v) is 12.8. The highest BCUT2D eigenvalue weighted by Crippen LogP contribution is 2.32. The topological polar surface area (TPSA) is 96.0 Å². The van der Waals surface area contributed by atoms with E-state index in [2.05, 4.69) is 21.2 Å². The molecule has 4 rings (SSSR count). The monoisotopic (exact) mass is 683 g/mol. The van der Waals surface area contributed by atoms with Crippen LogP contribution in [0.2, 0.25) is 5.02 Å². The number of hydrogen-bond donors (Lipinski definition) is 1. The first-order valence-corrected chi connectivity index (χ1v) is 16.0. The Balaban J connectivity index is 1.80. The van der Waals surface area contributed by atoms with Crippen molar-refractivity contribution in [2.75, 3.05) is 25.0 Å².